The molecule has 330 valence electrons. The highest BCUT2D eigenvalue weighted by atomic mass is 19.4. The van der Waals surface area contributed by atoms with Crippen LogP contribution in [0.2, 0.25) is 0 Å². The van der Waals surface area contributed by atoms with E-state index in [9.17, 15) is 44.3 Å². The van der Waals surface area contributed by atoms with Gasteiger partial charge in [0.25, 0.3) is 0 Å². The quantitative estimate of drug-likeness (QED) is 0.149. The number of ether oxygens (including phenoxy) is 1. The first-order valence-electron chi connectivity index (χ1n) is 18.9. The van der Waals surface area contributed by atoms with E-state index in [2.05, 4.69) is 28.1 Å². The van der Waals surface area contributed by atoms with Gasteiger partial charge >= 0.3 is 24.5 Å². The average Bonchev–Trinajstić information content (AvgIpc) is 3.55. The van der Waals surface area contributed by atoms with Crippen molar-refractivity contribution in [3.05, 3.63) is 100 Å². The van der Waals surface area contributed by atoms with Crippen LogP contribution in [-0.4, -0.2) is 52.2 Å². The topological polar surface area (TPSA) is 73.1 Å². The van der Waals surface area contributed by atoms with Gasteiger partial charge in [0, 0.05) is 23.5 Å². The summed E-state index contributed by atoms with van der Waals surface area (Å²) >= 11 is 0. The maximum Gasteiger partial charge on any atom is 0.416 e. The summed E-state index contributed by atoms with van der Waals surface area (Å²) in [7, 11) is 3.05. The van der Waals surface area contributed by atoms with E-state index in [0.29, 0.717) is 30.0 Å². The number of rotatable bonds is 3. The van der Waals surface area contributed by atoms with Crippen molar-refractivity contribution in [1.82, 2.24) is 20.2 Å². The van der Waals surface area contributed by atoms with Gasteiger partial charge in [-0.05, 0) is 101 Å². The molecule has 1 aliphatic heterocycles. The number of fused-ring (bicyclic) bond motifs is 1. The molecule has 16 heteroatoms. The van der Waals surface area contributed by atoms with Crippen LogP contribution in [0.5, 0.6) is 0 Å². The summed E-state index contributed by atoms with van der Waals surface area (Å²) in [5, 5.41) is 11.0. The summed E-state index contributed by atoms with van der Waals surface area (Å²) in [6.07, 6.45) is -5.75. The van der Waals surface area contributed by atoms with Gasteiger partial charge in [0.15, 0.2) is 5.82 Å². The molecule has 4 rings (SSSR count). The number of aromatic nitrogens is 4. The number of hydrogen-bond acceptors (Lipinski definition) is 6. The molecule has 2 heterocycles. The molecule has 0 spiro atoms. The van der Waals surface area contributed by atoms with E-state index >= 15 is 0 Å². The van der Waals surface area contributed by atoms with Crippen LogP contribution >= 0.6 is 0 Å². The van der Waals surface area contributed by atoms with Gasteiger partial charge < -0.3 is 9.64 Å². The molecule has 1 aliphatic rings. The minimum Gasteiger partial charge on any atom is -0.465 e. The number of allylic oxidation sites excluding steroid dienone is 5. The lowest BCUT2D eigenvalue weighted by atomic mass is 9.92. The molecule has 1 unspecified atom stereocenters. The van der Waals surface area contributed by atoms with E-state index in [4.69, 9.17) is 4.74 Å². The summed E-state index contributed by atoms with van der Waals surface area (Å²) in [5.74, 6) is -1.05. The molecule has 1 atom stereocenters. The second-order valence-corrected chi connectivity index (χ2v) is 11.7. The smallest absolute Gasteiger partial charge is 0.416 e. The molecule has 2 aromatic carbocycles. The van der Waals surface area contributed by atoms with E-state index in [0.717, 1.165) is 44.0 Å². The first-order chi connectivity index (χ1) is 27.0. The lowest BCUT2D eigenvalue weighted by molar-refractivity contribution is -0.156. The monoisotopic (exact) mass is 839 g/mol. The second-order valence-electron chi connectivity index (χ2n) is 11.7. The number of benzene rings is 2. The van der Waals surface area contributed by atoms with Crippen LogP contribution in [-0.2, 0) is 24.4 Å². The van der Waals surface area contributed by atoms with Crippen LogP contribution in [0.4, 0.5) is 50.9 Å². The number of tetrazole rings is 1. The predicted octanol–water partition coefficient (Wildman–Crippen LogP) is 13.7. The molecule has 0 amide bonds. The zero-order valence-electron chi connectivity index (χ0n) is 36.3. The number of nitrogens with zero attached hydrogens (tertiary/aromatic N) is 5. The molecule has 58 heavy (non-hydrogen) atoms. The molecule has 0 radical (unpaired) electrons. The van der Waals surface area contributed by atoms with E-state index in [1.54, 1.807) is 51.2 Å². The largest absolute Gasteiger partial charge is 0.465 e. The van der Waals surface area contributed by atoms with Gasteiger partial charge in [0.1, 0.15) is 0 Å². The summed E-state index contributed by atoms with van der Waals surface area (Å²) < 4.78 is 113. The van der Waals surface area contributed by atoms with E-state index in [1.165, 1.54) is 36.5 Å². The maximum absolute atomic E-state index is 13.6. The Kier molecular flexibility index (Phi) is 28.6. The maximum atomic E-state index is 13.6. The molecule has 0 fully saturated rings. The Morgan fingerprint density at radius 3 is 1.76 bits per heavy atom. The van der Waals surface area contributed by atoms with Crippen LogP contribution in [0, 0.1) is 19.8 Å². The lowest BCUT2D eigenvalue weighted by Gasteiger charge is -2.31. The third-order valence-corrected chi connectivity index (χ3v) is 7.42. The normalized spacial score (nSPS) is 13.5. The number of carbonyl (C=O) groups excluding carboxylic acids is 1. The Labute approximate surface area is 339 Å². The van der Waals surface area contributed by atoms with Crippen molar-refractivity contribution >= 4 is 17.3 Å². The van der Waals surface area contributed by atoms with Crippen molar-refractivity contribution in [2.24, 2.45) is 13.0 Å². The van der Waals surface area contributed by atoms with E-state index in [1.807, 2.05) is 53.4 Å². The molecular weight excluding hydrogens is 777 g/mol. The van der Waals surface area contributed by atoms with Gasteiger partial charge in [0.05, 0.1) is 31.2 Å². The molecule has 7 nitrogen and oxygen atoms in total. The Balaban J connectivity index is -0.000000847. The summed E-state index contributed by atoms with van der Waals surface area (Å²) in [5.41, 5.74) is 2.68. The van der Waals surface area contributed by atoms with Crippen molar-refractivity contribution in [3.8, 4) is 0 Å². The number of hydrogen-bond donors (Lipinski definition) is 0. The molecule has 0 saturated carbocycles. The van der Waals surface area contributed by atoms with Crippen LogP contribution in [0.3, 0.4) is 0 Å². The van der Waals surface area contributed by atoms with E-state index < -0.39 is 41.6 Å². The van der Waals surface area contributed by atoms with Gasteiger partial charge in [-0.3, -0.25) is 0 Å². The predicted molar refractivity (Wildman–Crippen MR) is 216 cm³/mol. The molecule has 0 N–H and O–H groups in total. The third kappa shape index (κ3) is 21.8. The van der Waals surface area contributed by atoms with Crippen LogP contribution < -0.4 is 4.90 Å². The van der Waals surface area contributed by atoms with Crippen molar-refractivity contribution < 1.29 is 49.0 Å². The Bertz CT molecular complexity index is 1640. The fourth-order valence-electron chi connectivity index (χ4n) is 4.56. The summed E-state index contributed by atoms with van der Waals surface area (Å²) in [4.78, 5) is 15.0. The molecule has 1 aromatic heterocycles. The summed E-state index contributed by atoms with van der Waals surface area (Å²) in [6, 6.07) is 9.69. The van der Waals surface area contributed by atoms with Crippen molar-refractivity contribution in [1.29, 1.82) is 0 Å². The third-order valence-electron chi connectivity index (χ3n) is 7.42. The minimum atomic E-state index is -4.41. The summed E-state index contributed by atoms with van der Waals surface area (Å²) in [6.45, 7) is 24.2. The highest BCUT2D eigenvalue weighted by Gasteiger charge is 2.35. The van der Waals surface area contributed by atoms with Crippen LogP contribution in [0.15, 0.2) is 72.4 Å². The molecule has 0 bridgehead atoms. The number of alkyl halides is 9. The first-order valence-corrected chi connectivity index (χ1v) is 18.9. The van der Waals surface area contributed by atoms with Gasteiger partial charge in [-0.2, -0.15) is 44.3 Å². The molecule has 0 saturated heterocycles. The van der Waals surface area contributed by atoms with Crippen molar-refractivity contribution in [3.63, 3.8) is 0 Å². The zero-order chi connectivity index (χ0) is 46.0. The Morgan fingerprint density at radius 2 is 1.43 bits per heavy atom. The number of carbonyl (C=O) groups is 1. The molecule has 3 aromatic rings. The van der Waals surface area contributed by atoms with E-state index in [-0.39, 0.29) is 5.56 Å². The number of aryl methyl sites for hydroxylation is 3. The highest BCUT2D eigenvalue weighted by Crippen LogP contribution is 2.40. The Morgan fingerprint density at radius 1 is 0.914 bits per heavy atom. The second kappa shape index (κ2) is 28.7. The van der Waals surface area contributed by atoms with Gasteiger partial charge in [-0.25, -0.2) is 4.79 Å². The number of halogens is 9. The minimum absolute atomic E-state index is 0.230. The van der Waals surface area contributed by atoms with Gasteiger partial charge in [-0.1, -0.05) is 84.9 Å². The van der Waals surface area contributed by atoms with Crippen molar-refractivity contribution in [2.75, 3.05) is 18.6 Å². The average molecular weight is 840 g/mol. The van der Waals surface area contributed by atoms with Gasteiger partial charge in [-0.15, -0.1) is 10.2 Å². The number of methoxy groups -OCH3 is 1. The standard InChI is InChI=1S/C23H24F3NO2.C6H9F3.C4H5F3.C3H6N4.3C2H6/c1-4-16-6-5-11-27(19-9-7-17(8-10-19)22(28)29-3)21-14-20(23(24,25)26)15(2)12-18(21)13-16;1-3-4-5(2)6(7,8)9;1-3(2)4(5,6)7;1-3-4-6-7(2)5-3;3*1-2/h4,7-10,12,14H,5-6,11,13H2,1-3H3;3-5H,1-2H3;1H2,2H3;1-2H3;3*1-2H3/b16-4+;4-3+;;;;;. The first kappa shape index (κ1) is 57.7. The molecular formula is C42H62F9N5O2. The SMILES string of the molecule is C/C=C/C(C)C(F)(F)F.C/C=C1\CCCN(c2ccc(C(=O)OC)cc2)c2cc(C(F)(F)F)c(C)cc2C1.C=C(C)C(F)(F)F.CC.CC.CC.Cc1nnn(C)n1. The highest BCUT2D eigenvalue weighted by molar-refractivity contribution is 5.90. The lowest BCUT2D eigenvalue weighted by Crippen LogP contribution is -2.23. The number of esters is 1. The van der Waals surface area contributed by atoms with Crippen LogP contribution in [0.25, 0.3) is 0 Å². The van der Waals surface area contributed by atoms with Crippen molar-refractivity contribution in [2.45, 2.75) is 121 Å². The zero-order valence-corrected chi connectivity index (χ0v) is 36.3. The Hall–Kier alpha value is -4.63. The number of anilines is 2. The fourth-order valence-corrected chi connectivity index (χ4v) is 4.56. The van der Waals surface area contributed by atoms with Crippen LogP contribution in [0.1, 0.15) is 115 Å². The fraction of sp³-hybridized carbons (Fsp3) is 0.524. The van der Waals surface area contributed by atoms with Gasteiger partial charge in [0.2, 0.25) is 0 Å². The molecule has 0 aliphatic carbocycles.